The van der Waals surface area contributed by atoms with Crippen molar-refractivity contribution in [3.63, 3.8) is 0 Å². The summed E-state index contributed by atoms with van der Waals surface area (Å²) in [5.74, 6) is -0.275. The van der Waals surface area contributed by atoms with Crippen LogP contribution in [0.4, 0.5) is 0 Å². The van der Waals surface area contributed by atoms with Crippen LogP contribution in [0.25, 0.3) is 10.9 Å². The summed E-state index contributed by atoms with van der Waals surface area (Å²) in [5.41, 5.74) is 3.05. The van der Waals surface area contributed by atoms with Crippen molar-refractivity contribution in [3.05, 3.63) is 47.7 Å². The van der Waals surface area contributed by atoms with E-state index in [9.17, 15) is 4.79 Å². The molecule has 0 fully saturated rings. The Balaban J connectivity index is 2.27. The van der Waals surface area contributed by atoms with E-state index < -0.39 is 0 Å². The molecule has 0 saturated carbocycles. The highest BCUT2D eigenvalue weighted by molar-refractivity contribution is 5.87. The molecule has 3 nitrogen and oxygen atoms in total. The molecule has 0 aliphatic rings. The van der Waals surface area contributed by atoms with E-state index in [0.29, 0.717) is 12.1 Å². The molecule has 0 saturated heterocycles. The third-order valence-corrected chi connectivity index (χ3v) is 3.03. The first-order valence-electron chi connectivity index (χ1n) is 5.92. The quantitative estimate of drug-likeness (QED) is 0.613. The van der Waals surface area contributed by atoms with Crippen LogP contribution in [-0.2, 0) is 16.1 Å². The Morgan fingerprint density at radius 2 is 2.17 bits per heavy atom. The summed E-state index contributed by atoms with van der Waals surface area (Å²) in [4.78, 5) is 11.3. The predicted molar refractivity (Wildman–Crippen MR) is 72.4 cm³/mol. The van der Waals surface area contributed by atoms with Gasteiger partial charge in [0.15, 0.2) is 0 Å². The smallest absolute Gasteiger partial charge is 0.333 e. The molecule has 1 aromatic carbocycles. The van der Waals surface area contributed by atoms with Crippen molar-refractivity contribution in [3.8, 4) is 0 Å². The lowest BCUT2D eigenvalue weighted by molar-refractivity contribution is -0.136. The number of carbonyl (C=O) groups excluding carboxylic acids is 1. The number of nitrogens with zero attached hydrogens (tertiary/aromatic N) is 1. The first-order chi connectivity index (χ1) is 8.61. The molecule has 2 aromatic rings. The summed E-state index contributed by atoms with van der Waals surface area (Å²) >= 11 is 0. The Kier molecular flexibility index (Phi) is 3.51. The van der Waals surface area contributed by atoms with Gasteiger partial charge in [0.1, 0.15) is 0 Å². The van der Waals surface area contributed by atoms with Crippen molar-refractivity contribution in [2.45, 2.75) is 20.4 Å². The summed E-state index contributed by atoms with van der Waals surface area (Å²) in [6, 6.07) is 8.44. The van der Waals surface area contributed by atoms with E-state index in [1.807, 2.05) is 12.3 Å². The van der Waals surface area contributed by atoms with Crippen LogP contribution in [0.3, 0.4) is 0 Å². The van der Waals surface area contributed by atoms with Gasteiger partial charge in [0.2, 0.25) is 0 Å². The summed E-state index contributed by atoms with van der Waals surface area (Å²) in [7, 11) is 1.40. The van der Waals surface area contributed by atoms with Crippen LogP contribution in [0.2, 0.25) is 0 Å². The van der Waals surface area contributed by atoms with Gasteiger partial charge in [-0.3, -0.25) is 0 Å². The standard InChI is InChI=1S/C15H17NO2/c1-11-4-5-13-7-9-16(14(13)10-11)8-6-12(2)15(17)18-3/h4-7,9-10H,8H2,1-3H3. The van der Waals surface area contributed by atoms with E-state index in [2.05, 4.69) is 40.5 Å². The largest absolute Gasteiger partial charge is 0.466 e. The van der Waals surface area contributed by atoms with Gasteiger partial charge < -0.3 is 9.30 Å². The molecular weight excluding hydrogens is 226 g/mol. The molecule has 0 bridgehead atoms. The highest BCUT2D eigenvalue weighted by atomic mass is 16.5. The summed E-state index contributed by atoms with van der Waals surface area (Å²) in [6.07, 6.45) is 3.92. The number of hydrogen-bond donors (Lipinski definition) is 0. The molecule has 1 aromatic heterocycles. The van der Waals surface area contributed by atoms with Crippen LogP contribution >= 0.6 is 0 Å². The second kappa shape index (κ2) is 5.08. The monoisotopic (exact) mass is 243 g/mol. The molecule has 0 aliphatic heterocycles. The lowest BCUT2D eigenvalue weighted by Gasteiger charge is -2.04. The Labute approximate surface area is 107 Å². The van der Waals surface area contributed by atoms with Crippen LogP contribution in [0.15, 0.2) is 42.1 Å². The van der Waals surface area contributed by atoms with E-state index in [1.54, 1.807) is 6.92 Å². The number of carbonyl (C=O) groups is 1. The molecule has 1 heterocycles. The summed E-state index contributed by atoms with van der Waals surface area (Å²) < 4.78 is 6.79. The van der Waals surface area contributed by atoms with Gasteiger partial charge in [-0.05, 0) is 36.9 Å². The van der Waals surface area contributed by atoms with E-state index in [4.69, 9.17) is 0 Å². The number of hydrogen-bond acceptors (Lipinski definition) is 2. The normalized spacial score (nSPS) is 11.8. The fourth-order valence-electron chi connectivity index (χ4n) is 1.93. The molecule has 3 heteroatoms. The second-order valence-electron chi connectivity index (χ2n) is 4.41. The molecule has 94 valence electrons. The lowest BCUT2D eigenvalue weighted by Crippen LogP contribution is -2.03. The number of rotatable bonds is 3. The zero-order valence-electron chi connectivity index (χ0n) is 10.9. The molecule has 0 aliphatic carbocycles. The fraction of sp³-hybridized carbons (Fsp3) is 0.267. The van der Waals surface area contributed by atoms with Crippen LogP contribution in [-0.4, -0.2) is 17.6 Å². The molecule has 18 heavy (non-hydrogen) atoms. The van der Waals surface area contributed by atoms with Gasteiger partial charge in [0.05, 0.1) is 7.11 Å². The highest BCUT2D eigenvalue weighted by Gasteiger charge is 2.03. The molecule has 0 amide bonds. The van der Waals surface area contributed by atoms with E-state index in [0.717, 1.165) is 0 Å². The molecule has 0 atom stereocenters. The zero-order valence-corrected chi connectivity index (χ0v) is 10.9. The summed E-state index contributed by atoms with van der Waals surface area (Å²) in [6.45, 7) is 4.52. The molecule has 0 radical (unpaired) electrons. The maximum Gasteiger partial charge on any atom is 0.333 e. The third-order valence-electron chi connectivity index (χ3n) is 3.03. The van der Waals surface area contributed by atoms with E-state index in [-0.39, 0.29) is 5.97 Å². The van der Waals surface area contributed by atoms with Gasteiger partial charge in [-0.15, -0.1) is 0 Å². The highest BCUT2D eigenvalue weighted by Crippen LogP contribution is 2.17. The number of fused-ring (bicyclic) bond motifs is 1. The van der Waals surface area contributed by atoms with Gasteiger partial charge in [-0.2, -0.15) is 0 Å². The zero-order chi connectivity index (χ0) is 13.1. The van der Waals surface area contributed by atoms with Crippen molar-refractivity contribution in [1.29, 1.82) is 0 Å². The van der Waals surface area contributed by atoms with E-state index >= 15 is 0 Å². The Morgan fingerprint density at radius 3 is 2.89 bits per heavy atom. The Bertz CT molecular complexity index is 608. The van der Waals surface area contributed by atoms with Crippen molar-refractivity contribution >= 4 is 16.9 Å². The third kappa shape index (κ3) is 2.45. The molecule has 2 rings (SSSR count). The predicted octanol–water partition coefficient (Wildman–Crippen LogP) is 3.07. The number of esters is 1. The average molecular weight is 243 g/mol. The lowest BCUT2D eigenvalue weighted by atomic mass is 10.2. The van der Waals surface area contributed by atoms with Crippen LogP contribution < -0.4 is 0 Å². The van der Waals surface area contributed by atoms with Crippen molar-refractivity contribution < 1.29 is 9.53 Å². The minimum absolute atomic E-state index is 0.275. The summed E-state index contributed by atoms with van der Waals surface area (Å²) in [5, 5.41) is 1.21. The van der Waals surface area contributed by atoms with Gasteiger partial charge in [-0.1, -0.05) is 18.2 Å². The van der Waals surface area contributed by atoms with E-state index in [1.165, 1.54) is 23.6 Å². The molecule has 0 N–H and O–H groups in total. The minimum atomic E-state index is -0.275. The SMILES string of the molecule is COC(=O)C(C)=CCn1ccc2ccc(C)cc21. The van der Waals surface area contributed by atoms with Crippen molar-refractivity contribution in [2.24, 2.45) is 0 Å². The number of allylic oxidation sites excluding steroid dienone is 1. The maximum absolute atomic E-state index is 11.3. The average Bonchev–Trinajstić information content (AvgIpc) is 2.77. The fourth-order valence-corrected chi connectivity index (χ4v) is 1.93. The first kappa shape index (κ1) is 12.4. The maximum atomic E-state index is 11.3. The number of benzene rings is 1. The number of aromatic nitrogens is 1. The van der Waals surface area contributed by atoms with Gasteiger partial charge in [-0.25, -0.2) is 4.79 Å². The second-order valence-corrected chi connectivity index (χ2v) is 4.41. The van der Waals surface area contributed by atoms with Gasteiger partial charge in [0, 0.05) is 23.8 Å². The molecule has 0 unspecified atom stereocenters. The van der Waals surface area contributed by atoms with Crippen molar-refractivity contribution in [1.82, 2.24) is 4.57 Å². The minimum Gasteiger partial charge on any atom is -0.466 e. The number of ether oxygens (including phenoxy) is 1. The number of methoxy groups -OCH3 is 1. The van der Waals surface area contributed by atoms with Gasteiger partial charge in [0.25, 0.3) is 0 Å². The topological polar surface area (TPSA) is 31.2 Å². The Hall–Kier alpha value is -2.03. The number of aryl methyl sites for hydroxylation is 1. The van der Waals surface area contributed by atoms with Crippen LogP contribution in [0, 0.1) is 6.92 Å². The van der Waals surface area contributed by atoms with Crippen LogP contribution in [0.5, 0.6) is 0 Å². The molecule has 0 spiro atoms. The van der Waals surface area contributed by atoms with Crippen LogP contribution in [0.1, 0.15) is 12.5 Å². The van der Waals surface area contributed by atoms with Gasteiger partial charge >= 0.3 is 5.97 Å². The first-order valence-corrected chi connectivity index (χ1v) is 5.92. The van der Waals surface area contributed by atoms with Crippen molar-refractivity contribution in [2.75, 3.05) is 7.11 Å². The Morgan fingerprint density at radius 1 is 1.39 bits per heavy atom. The molecular formula is C15H17NO2.